The quantitative estimate of drug-likeness (QED) is 0.738. The lowest BCUT2D eigenvalue weighted by Gasteiger charge is -2.12. The number of carbonyl (C=O) groups excluding carboxylic acids is 3. The van der Waals surface area contributed by atoms with Crippen molar-refractivity contribution in [2.75, 3.05) is 0 Å². The van der Waals surface area contributed by atoms with E-state index in [0.29, 0.717) is 6.54 Å². The van der Waals surface area contributed by atoms with Crippen LogP contribution >= 0.6 is 0 Å². The molecule has 1 rings (SSSR count). The van der Waals surface area contributed by atoms with Crippen molar-refractivity contribution in [1.29, 1.82) is 0 Å². The smallest absolute Gasteiger partial charge is 0.318 e. The Bertz CT molecular complexity index is 524. The monoisotopic (exact) mass is 282 g/mol. The second kappa shape index (κ2) is 6.69. The summed E-state index contributed by atoms with van der Waals surface area (Å²) in [5, 5.41) is 6.04. The van der Waals surface area contributed by atoms with Gasteiger partial charge in [0.15, 0.2) is 6.10 Å². The lowest BCUT2D eigenvalue weighted by Crippen LogP contribution is -2.42. The minimum absolute atomic E-state index is 0.0795. The minimum atomic E-state index is -1.07. The summed E-state index contributed by atoms with van der Waals surface area (Å²) in [7, 11) is 0. The van der Waals surface area contributed by atoms with E-state index in [-0.39, 0.29) is 6.42 Å². The van der Waals surface area contributed by atoms with Gasteiger partial charge in [0, 0.05) is 5.69 Å². The molecule has 1 unspecified atom stereocenters. The summed E-state index contributed by atoms with van der Waals surface area (Å²) in [5.41, 5.74) is 6.60. The molecule has 0 aliphatic heterocycles. The van der Waals surface area contributed by atoms with Gasteiger partial charge in [-0.25, -0.2) is 4.79 Å². The van der Waals surface area contributed by atoms with Crippen molar-refractivity contribution in [3.05, 3.63) is 17.5 Å². The first-order valence-electron chi connectivity index (χ1n) is 6.10. The molecule has 0 saturated carbocycles. The average molecular weight is 282 g/mol. The first-order valence-corrected chi connectivity index (χ1v) is 6.10. The minimum Gasteiger partial charge on any atom is -0.452 e. The Kier molecular flexibility index (Phi) is 5.24. The van der Waals surface area contributed by atoms with Crippen molar-refractivity contribution in [3.8, 4) is 0 Å². The summed E-state index contributed by atoms with van der Waals surface area (Å²) in [4.78, 5) is 33.4. The molecule has 0 aliphatic rings. The van der Waals surface area contributed by atoms with Crippen LogP contribution in [0, 0.1) is 13.8 Å². The van der Waals surface area contributed by atoms with Crippen LogP contribution in [0.2, 0.25) is 0 Å². The Hall–Kier alpha value is -2.38. The molecule has 0 spiro atoms. The van der Waals surface area contributed by atoms with E-state index in [4.69, 9.17) is 10.5 Å². The molecule has 3 amide bonds. The Morgan fingerprint density at radius 3 is 2.60 bits per heavy atom. The highest BCUT2D eigenvalue weighted by molar-refractivity contribution is 5.96. The van der Waals surface area contributed by atoms with Crippen LogP contribution in [-0.2, 0) is 20.9 Å². The molecular formula is C12H18N4O4. The fourth-order valence-electron chi connectivity index (χ4n) is 1.63. The molecule has 0 radical (unpaired) electrons. The summed E-state index contributed by atoms with van der Waals surface area (Å²) >= 11 is 0. The van der Waals surface area contributed by atoms with E-state index in [9.17, 15) is 14.4 Å². The Balaban J connectivity index is 2.42. The zero-order valence-corrected chi connectivity index (χ0v) is 11.7. The molecule has 1 aromatic heterocycles. The van der Waals surface area contributed by atoms with E-state index < -0.39 is 24.0 Å². The van der Waals surface area contributed by atoms with Crippen LogP contribution in [0.3, 0.4) is 0 Å². The number of primary amides is 1. The third-order valence-corrected chi connectivity index (χ3v) is 2.55. The normalized spacial score (nSPS) is 11.8. The summed E-state index contributed by atoms with van der Waals surface area (Å²) in [6.45, 7) is 5.47. The van der Waals surface area contributed by atoms with Gasteiger partial charge in [-0.3, -0.25) is 19.6 Å². The zero-order valence-electron chi connectivity index (χ0n) is 11.7. The second-order valence-electron chi connectivity index (χ2n) is 4.39. The summed E-state index contributed by atoms with van der Waals surface area (Å²) in [6.07, 6.45) is -0.994. The number of ether oxygens (including phenoxy) is 1. The topological polar surface area (TPSA) is 116 Å². The Labute approximate surface area is 116 Å². The van der Waals surface area contributed by atoms with Gasteiger partial charge in [0.25, 0.3) is 5.91 Å². The van der Waals surface area contributed by atoms with Crippen LogP contribution in [-0.4, -0.2) is 33.8 Å². The molecule has 3 N–H and O–H groups in total. The number of nitrogens with zero attached hydrogens (tertiary/aromatic N) is 2. The molecular weight excluding hydrogens is 264 g/mol. The third kappa shape index (κ3) is 4.71. The fraction of sp³-hybridized carbons (Fsp3) is 0.500. The van der Waals surface area contributed by atoms with E-state index >= 15 is 0 Å². The molecule has 1 atom stereocenters. The molecule has 8 heteroatoms. The van der Waals surface area contributed by atoms with Crippen LogP contribution < -0.4 is 11.1 Å². The molecule has 8 nitrogen and oxygen atoms in total. The molecule has 0 bridgehead atoms. The number of aromatic nitrogens is 2. The number of hydrogen-bond donors (Lipinski definition) is 2. The number of rotatable bonds is 5. The molecule has 0 saturated heterocycles. The van der Waals surface area contributed by atoms with Gasteiger partial charge < -0.3 is 10.5 Å². The van der Waals surface area contributed by atoms with Crippen molar-refractivity contribution < 1.29 is 19.1 Å². The number of imide groups is 1. The second-order valence-corrected chi connectivity index (χ2v) is 4.39. The van der Waals surface area contributed by atoms with E-state index in [2.05, 4.69) is 5.10 Å². The molecule has 1 aromatic rings. The third-order valence-electron chi connectivity index (χ3n) is 2.55. The predicted molar refractivity (Wildman–Crippen MR) is 69.6 cm³/mol. The first kappa shape index (κ1) is 15.7. The van der Waals surface area contributed by atoms with Crippen LogP contribution in [0.5, 0.6) is 0 Å². The van der Waals surface area contributed by atoms with Gasteiger partial charge in [-0.1, -0.05) is 0 Å². The van der Waals surface area contributed by atoms with Gasteiger partial charge >= 0.3 is 12.0 Å². The SMILES string of the molecule is Cc1cc(C)n(CCC(=O)OC(C)C(=O)NC(N)=O)n1. The summed E-state index contributed by atoms with van der Waals surface area (Å²) in [5.74, 6) is -1.30. The Morgan fingerprint density at radius 2 is 2.10 bits per heavy atom. The van der Waals surface area contributed by atoms with E-state index in [0.717, 1.165) is 11.4 Å². The van der Waals surface area contributed by atoms with Crippen LogP contribution in [0.4, 0.5) is 4.79 Å². The van der Waals surface area contributed by atoms with Crippen molar-refractivity contribution in [2.24, 2.45) is 5.73 Å². The van der Waals surface area contributed by atoms with Crippen molar-refractivity contribution in [2.45, 2.75) is 39.8 Å². The first-order chi connectivity index (χ1) is 9.29. The highest BCUT2D eigenvalue weighted by Crippen LogP contribution is 2.04. The highest BCUT2D eigenvalue weighted by atomic mass is 16.5. The maximum atomic E-state index is 11.6. The van der Waals surface area contributed by atoms with Crippen molar-refractivity contribution in [3.63, 3.8) is 0 Å². The van der Waals surface area contributed by atoms with Gasteiger partial charge in [-0.2, -0.15) is 5.10 Å². The lowest BCUT2D eigenvalue weighted by molar-refractivity contribution is -0.154. The van der Waals surface area contributed by atoms with Crippen LogP contribution in [0.25, 0.3) is 0 Å². The van der Waals surface area contributed by atoms with Gasteiger partial charge in [0.05, 0.1) is 18.7 Å². The zero-order chi connectivity index (χ0) is 15.3. The highest BCUT2D eigenvalue weighted by Gasteiger charge is 2.19. The lowest BCUT2D eigenvalue weighted by atomic mass is 10.3. The van der Waals surface area contributed by atoms with E-state index in [1.165, 1.54) is 6.92 Å². The number of amides is 3. The largest absolute Gasteiger partial charge is 0.452 e. The summed E-state index contributed by atoms with van der Waals surface area (Å²) in [6, 6.07) is 0.911. The van der Waals surface area contributed by atoms with Gasteiger partial charge in [0.2, 0.25) is 0 Å². The van der Waals surface area contributed by atoms with E-state index in [1.807, 2.05) is 25.2 Å². The number of esters is 1. The molecule has 110 valence electrons. The van der Waals surface area contributed by atoms with Gasteiger partial charge in [-0.15, -0.1) is 0 Å². The van der Waals surface area contributed by atoms with E-state index in [1.54, 1.807) is 4.68 Å². The number of hydrogen-bond acceptors (Lipinski definition) is 5. The van der Waals surface area contributed by atoms with Crippen molar-refractivity contribution >= 4 is 17.9 Å². The summed E-state index contributed by atoms with van der Waals surface area (Å²) < 4.78 is 6.57. The molecule has 0 aliphatic carbocycles. The fourth-order valence-corrected chi connectivity index (χ4v) is 1.63. The van der Waals surface area contributed by atoms with Crippen LogP contribution in [0.15, 0.2) is 6.07 Å². The average Bonchev–Trinajstić information content (AvgIpc) is 2.64. The standard InChI is InChI=1S/C12H18N4O4/c1-7-6-8(2)16(15-7)5-4-10(17)20-9(3)11(18)14-12(13)19/h6,9H,4-5H2,1-3H3,(H3,13,14,18,19). The predicted octanol–water partition coefficient (Wildman–Crippen LogP) is 0.0166. The molecule has 20 heavy (non-hydrogen) atoms. The number of nitrogens with two attached hydrogens (primary N) is 1. The molecule has 0 aromatic carbocycles. The van der Waals surface area contributed by atoms with Crippen LogP contribution in [0.1, 0.15) is 24.7 Å². The number of aryl methyl sites for hydroxylation is 3. The number of urea groups is 1. The number of carbonyl (C=O) groups is 3. The molecule has 1 heterocycles. The van der Waals surface area contributed by atoms with Gasteiger partial charge in [0.1, 0.15) is 0 Å². The Morgan fingerprint density at radius 1 is 1.45 bits per heavy atom. The maximum Gasteiger partial charge on any atom is 0.318 e. The van der Waals surface area contributed by atoms with Gasteiger partial charge in [-0.05, 0) is 26.8 Å². The number of nitrogens with one attached hydrogen (secondary N) is 1. The molecule has 0 fully saturated rings. The maximum absolute atomic E-state index is 11.6. The van der Waals surface area contributed by atoms with Crippen molar-refractivity contribution in [1.82, 2.24) is 15.1 Å².